The number of hydrogen-bond acceptors (Lipinski definition) is 5. The summed E-state index contributed by atoms with van der Waals surface area (Å²) in [6.07, 6.45) is 9.43. The predicted molar refractivity (Wildman–Crippen MR) is 145 cm³/mol. The van der Waals surface area contributed by atoms with Crippen LogP contribution in [0.1, 0.15) is 83.1 Å². The Morgan fingerprint density at radius 3 is 2.61 bits per heavy atom. The van der Waals surface area contributed by atoms with Gasteiger partial charge in [-0.3, -0.25) is 14.8 Å². The molecule has 3 amide bonds. The molecule has 3 N–H and O–H groups in total. The van der Waals surface area contributed by atoms with E-state index in [4.69, 9.17) is 16.3 Å². The number of rotatable bonds is 10. The fourth-order valence-electron chi connectivity index (χ4n) is 6.45. The summed E-state index contributed by atoms with van der Waals surface area (Å²) in [5.41, 5.74) is 1.15. The first-order chi connectivity index (χ1) is 18.3. The number of hydroxylamine groups is 2. The van der Waals surface area contributed by atoms with Crippen LogP contribution in [-0.2, 0) is 20.7 Å². The molecule has 1 heterocycles. The molecule has 4 rings (SSSR count). The molecule has 3 aliphatic rings. The summed E-state index contributed by atoms with van der Waals surface area (Å²) in [6, 6.07) is 7.55. The van der Waals surface area contributed by atoms with Crippen LogP contribution >= 0.6 is 11.6 Å². The first-order valence-corrected chi connectivity index (χ1v) is 14.7. The summed E-state index contributed by atoms with van der Waals surface area (Å²) in [5, 5.41) is 17.1. The second-order valence-corrected chi connectivity index (χ2v) is 11.9. The molecule has 38 heavy (non-hydrogen) atoms. The Morgan fingerprint density at radius 2 is 1.89 bits per heavy atom. The molecule has 1 saturated heterocycles. The van der Waals surface area contributed by atoms with Gasteiger partial charge in [-0.05, 0) is 75.0 Å². The van der Waals surface area contributed by atoms with Gasteiger partial charge in [-0.1, -0.05) is 62.3 Å². The molecule has 3 fully saturated rings. The van der Waals surface area contributed by atoms with Crippen LogP contribution in [0.3, 0.4) is 0 Å². The number of amides is 3. The molecule has 0 aromatic heterocycles. The number of carbonyl (C=O) groups excluding carboxylic acids is 3. The molecule has 0 bridgehead atoms. The average Bonchev–Trinajstić information content (AvgIpc) is 3.45. The number of halogens is 1. The minimum atomic E-state index is -0.873. The van der Waals surface area contributed by atoms with Crippen molar-refractivity contribution in [3.8, 4) is 0 Å². The van der Waals surface area contributed by atoms with E-state index in [1.165, 1.54) is 6.42 Å². The Balaban J connectivity index is 1.34. The SMILES string of the molecule is C[C@@H](C[C@@H]1CCN(O)C1=O)NC(=O)[C@H](CC1CCCCC1)OC(=O)NC1CCCC1Cc1cccc(Cl)c1. The van der Waals surface area contributed by atoms with Crippen LogP contribution in [0.15, 0.2) is 24.3 Å². The Labute approximate surface area is 230 Å². The molecule has 0 spiro atoms. The van der Waals surface area contributed by atoms with Gasteiger partial charge in [0.05, 0.1) is 0 Å². The molecule has 1 aromatic rings. The van der Waals surface area contributed by atoms with Gasteiger partial charge in [-0.15, -0.1) is 0 Å². The quantitative estimate of drug-likeness (QED) is 0.347. The van der Waals surface area contributed by atoms with Gasteiger partial charge in [0.2, 0.25) is 5.91 Å². The smallest absolute Gasteiger partial charge is 0.408 e. The Bertz CT molecular complexity index is 969. The van der Waals surface area contributed by atoms with E-state index < -0.39 is 12.2 Å². The lowest BCUT2D eigenvalue weighted by atomic mass is 9.85. The highest BCUT2D eigenvalue weighted by atomic mass is 35.5. The van der Waals surface area contributed by atoms with E-state index in [0.29, 0.717) is 42.7 Å². The summed E-state index contributed by atoms with van der Waals surface area (Å²) < 4.78 is 5.81. The summed E-state index contributed by atoms with van der Waals surface area (Å²) >= 11 is 6.16. The number of benzene rings is 1. The van der Waals surface area contributed by atoms with E-state index >= 15 is 0 Å². The third-order valence-corrected chi connectivity index (χ3v) is 8.72. The number of carbonyl (C=O) groups is 3. The number of hydrogen-bond donors (Lipinski definition) is 3. The van der Waals surface area contributed by atoms with Gasteiger partial charge < -0.3 is 15.4 Å². The van der Waals surface area contributed by atoms with Crippen molar-refractivity contribution in [2.45, 2.75) is 102 Å². The van der Waals surface area contributed by atoms with Gasteiger partial charge >= 0.3 is 6.09 Å². The monoisotopic (exact) mass is 547 g/mol. The largest absolute Gasteiger partial charge is 0.436 e. The third-order valence-electron chi connectivity index (χ3n) is 8.48. The Morgan fingerprint density at radius 1 is 1.11 bits per heavy atom. The van der Waals surface area contributed by atoms with Crippen LogP contribution < -0.4 is 10.6 Å². The molecule has 1 aliphatic heterocycles. The summed E-state index contributed by atoms with van der Waals surface area (Å²) in [5.74, 6) is -0.281. The van der Waals surface area contributed by atoms with Crippen LogP contribution in [0.5, 0.6) is 0 Å². The maximum absolute atomic E-state index is 13.3. The Hall–Kier alpha value is -2.32. The summed E-state index contributed by atoms with van der Waals surface area (Å²) in [6.45, 7) is 2.17. The Kier molecular flexibility index (Phi) is 10.3. The van der Waals surface area contributed by atoms with Gasteiger partial charge in [0.25, 0.3) is 5.91 Å². The minimum Gasteiger partial charge on any atom is -0.436 e. The molecule has 5 atom stereocenters. The zero-order chi connectivity index (χ0) is 27.1. The van der Waals surface area contributed by atoms with Crippen molar-refractivity contribution in [3.05, 3.63) is 34.9 Å². The van der Waals surface area contributed by atoms with Gasteiger partial charge in [-0.2, -0.15) is 0 Å². The minimum absolute atomic E-state index is 0.00592. The van der Waals surface area contributed by atoms with Crippen LogP contribution in [0.2, 0.25) is 5.02 Å². The van der Waals surface area contributed by atoms with E-state index in [1.54, 1.807) is 0 Å². The van der Waals surface area contributed by atoms with Crippen LogP contribution in [-0.4, -0.2) is 52.9 Å². The first-order valence-electron chi connectivity index (χ1n) is 14.3. The molecule has 2 unspecified atom stereocenters. The highest BCUT2D eigenvalue weighted by Gasteiger charge is 2.35. The molecule has 210 valence electrons. The van der Waals surface area contributed by atoms with Crippen LogP contribution in [0.4, 0.5) is 4.79 Å². The average molecular weight is 548 g/mol. The number of ether oxygens (including phenoxy) is 1. The van der Waals surface area contributed by atoms with Crippen molar-refractivity contribution >= 4 is 29.5 Å². The number of nitrogens with one attached hydrogen (secondary N) is 2. The lowest BCUT2D eigenvalue weighted by Crippen LogP contribution is -2.47. The molecule has 9 heteroatoms. The van der Waals surface area contributed by atoms with E-state index in [-0.39, 0.29) is 29.8 Å². The highest BCUT2D eigenvalue weighted by molar-refractivity contribution is 6.30. The van der Waals surface area contributed by atoms with E-state index in [1.807, 2.05) is 25.1 Å². The molecule has 8 nitrogen and oxygen atoms in total. The standard InChI is InChI=1S/C29H42ClN3O5/c1-19(15-23-13-14-33(37)28(23)35)31-27(34)26(18-20-7-3-2-4-8-20)38-29(36)32-25-12-6-10-22(25)16-21-9-5-11-24(30)17-21/h5,9,11,17,19-20,22-23,25-26,37H,2-4,6-8,10,12-16,18H2,1H3,(H,31,34)(H,32,36)/t19-,22?,23-,25?,26-/m0/s1. The maximum atomic E-state index is 13.3. The van der Waals surface area contributed by atoms with E-state index in [9.17, 15) is 19.6 Å². The third kappa shape index (κ3) is 8.09. The van der Waals surface area contributed by atoms with E-state index in [0.717, 1.165) is 62.0 Å². The molecular weight excluding hydrogens is 506 g/mol. The highest BCUT2D eigenvalue weighted by Crippen LogP contribution is 2.31. The van der Waals surface area contributed by atoms with Crippen LogP contribution in [0, 0.1) is 17.8 Å². The van der Waals surface area contributed by atoms with Crippen molar-refractivity contribution in [1.82, 2.24) is 15.7 Å². The zero-order valence-corrected chi connectivity index (χ0v) is 23.1. The van der Waals surface area contributed by atoms with E-state index in [2.05, 4.69) is 16.7 Å². The second-order valence-electron chi connectivity index (χ2n) is 11.5. The topological polar surface area (TPSA) is 108 Å². The van der Waals surface area contributed by atoms with Gasteiger partial charge in [0.15, 0.2) is 6.10 Å². The summed E-state index contributed by atoms with van der Waals surface area (Å²) in [7, 11) is 0. The molecule has 0 radical (unpaired) electrons. The molecule has 2 saturated carbocycles. The predicted octanol–water partition coefficient (Wildman–Crippen LogP) is 5.25. The van der Waals surface area contributed by atoms with Crippen LogP contribution in [0.25, 0.3) is 0 Å². The van der Waals surface area contributed by atoms with Crippen molar-refractivity contribution in [1.29, 1.82) is 0 Å². The lowest BCUT2D eigenvalue weighted by molar-refractivity contribution is -0.160. The molecular formula is C29H42ClN3O5. The van der Waals surface area contributed by atoms with Crippen molar-refractivity contribution in [3.63, 3.8) is 0 Å². The van der Waals surface area contributed by atoms with Crippen molar-refractivity contribution < 1.29 is 24.3 Å². The fourth-order valence-corrected chi connectivity index (χ4v) is 6.66. The number of nitrogens with zero attached hydrogens (tertiary/aromatic N) is 1. The van der Waals surface area contributed by atoms with Crippen molar-refractivity contribution in [2.75, 3.05) is 6.54 Å². The van der Waals surface area contributed by atoms with Gasteiger partial charge in [-0.25, -0.2) is 9.86 Å². The second kappa shape index (κ2) is 13.7. The normalized spacial score (nSPS) is 25.7. The van der Waals surface area contributed by atoms with Gasteiger partial charge in [0.1, 0.15) is 0 Å². The first kappa shape index (κ1) is 28.7. The lowest BCUT2D eigenvalue weighted by Gasteiger charge is -2.28. The molecule has 2 aliphatic carbocycles. The maximum Gasteiger partial charge on any atom is 0.408 e. The zero-order valence-electron chi connectivity index (χ0n) is 22.4. The summed E-state index contributed by atoms with van der Waals surface area (Å²) in [4.78, 5) is 38.4. The fraction of sp³-hybridized carbons (Fsp3) is 0.690. The van der Waals surface area contributed by atoms with Gasteiger partial charge in [0, 0.05) is 29.6 Å². The van der Waals surface area contributed by atoms with Crippen molar-refractivity contribution in [2.24, 2.45) is 17.8 Å². The molecule has 1 aromatic carbocycles. The number of alkyl carbamates (subject to hydrolysis) is 1.